The fraction of sp³-hybridized carbons (Fsp3) is 0.667. The van der Waals surface area contributed by atoms with E-state index in [9.17, 15) is 18.6 Å². The van der Waals surface area contributed by atoms with Gasteiger partial charge < -0.3 is 19.6 Å². The Labute approximate surface area is 109 Å². The molecule has 0 fully saturated rings. The van der Waals surface area contributed by atoms with Crippen LogP contribution in [0.5, 0.6) is 0 Å². The van der Waals surface area contributed by atoms with E-state index in [1.165, 1.54) is 6.08 Å². The van der Waals surface area contributed by atoms with E-state index in [0.717, 1.165) is 0 Å². The molecule has 0 radical (unpaired) electrons. The van der Waals surface area contributed by atoms with E-state index >= 15 is 0 Å². The van der Waals surface area contributed by atoms with E-state index in [0.29, 0.717) is 0 Å². The molecule has 0 heterocycles. The maximum absolute atomic E-state index is 11.4. The Morgan fingerprint density at radius 1 is 1.11 bits per heavy atom. The lowest BCUT2D eigenvalue weighted by Gasteiger charge is -2.20. The minimum absolute atomic E-state index is 0.166. The summed E-state index contributed by atoms with van der Waals surface area (Å²) >= 11 is 0. The molecule has 3 atom stereocenters. The molecule has 0 bridgehead atoms. The summed E-state index contributed by atoms with van der Waals surface area (Å²) in [5, 5.41) is 0. The van der Waals surface area contributed by atoms with E-state index in [-0.39, 0.29) is 12.8 Å². The Kier molecular flexibility index (Phi) is 7.30. The highest BCUT2D eigenvalue weighted by Gasteiger charge is 2.41. The summed E-state index contributed by atoms with van der Waals surface area (Å²) in [6.07, 6.45) is 1.01. The van der Waals surface area contributed by atoms with E-state index < -0.39 is 29.6 Å². The Balaban J connectivity index is 4.76. The summed E-state index contributed by atoms with van der Waals surface area (Å²) in [4.78, 5) is 34.7. The number of phosphoric acid groups is 3. The van der Waals surface area contributed by atoms with Gasteiger partial charge in [0.15, 0.2) is 0 Å². The first kappa shape index (κ1) is 19.1. The third kappa shape index (κ3) is 9.65. The average molecular weight is 340 g/mol. The summed E-state index contributed by atoms with van der Waals surface area (Å²) in [5.41, 5.74) is 0. The van der Waals surface area contributed by atoms with Gasteiger partial charge in [-0.25, -0.2) is 13.7 Å². The van der Waals surface area contributed by atoms with Crippen LogP contribution in [0.25, 0.3) is 0 Å². The maximum atomic E-state index is 11.4. The first-order chi connectivity index (χ1) is 8.41. The predicted molar refractivity (Wildman–Crippen MR) is 63.8 cm³/mol. The van der Waals surface area contributed by atoms with Gasteiger partial charge in [-0.3, -0.25) is 4.52 Å². The highest BCUT2D eigenvalue weighted by atomic mass is 31.3. The molecular formula is C6H15O10P3. The van der Waals surface area contributed by atoms with Gasteiger partial charge >= 0.3 is 23.5 Å². The van der Waals surface area contributed by atoms with Crippen molar-refractivity contribution in [3.05, 3.63) is 12.7 Å². The molecule has 19 heavy (non-hydrogen) atoms. The zero-order valence-electron chi connectivity index (χ0n) is 9.86. The molecule has 0 saturated heterocycles. The van der Waals surface area contributed by atoms with Crippen molar-refractivity contribution in [2.24, 2.45) is 0 Å². The zero-order chi connectivity index (χ0) is 15.3. The third-order valence-corrected chi connectivity index (χ3v) is 5.47. The first-order valence-corrected chi connectivity index (χ1v) is 9.36. The number of phosphoric ester groups is 1. The smallest absolute Gasteiger partial charge is 0.302 e. The second kappa shape index (κ2) is 7.24. The first-order valence-electron chi connectivity index (χ1n) is 4.84. The van der Waals surface area contributed by atoms with Gasteiger partial charge in [-0.05, 0) is 12.8 Å². The normalized spacial score (nSPS) is 20.3. The summed E-state index contributed by atoms with van der Waals surface area (Å²) in [5.74, 6) is 0. The molecule has 3 unspecified atom stereocenters. The minimum Gasteiger partial charge on any atom is -0.302 e. The molecular weight excluding hydrogens is 325 g/mol. The molecule has 0 aliphatic carbocycles. The molecule has 0 aromatic rings. The van der Waals surface area contributed by atoms with Gasteiger partial charge in [0.2, 0.25) is 0 Å². The standard InChI is InChI=1S/C6H15O10P3/c1-3-5-6(4-2)14-18(10,11)16-19(12,13)15-17(7,8)9/h3,6H,1,4-5H2,2H3,(H,10,11)(H,12,13)(H2,7,8,9). The summed E-state index contributed by atoms with van der Waals surface area (Å²) in [6, 6.07) is 0. The SMILES string of the molecule is C=CCC(CC)OP(=O)(O)OP(=O)(O)OP(=O)(O)O. The van der Waals surface area contributed by atoms with Crippen molar-refractivity contribution in [3.8, 4) is 0 Å². The van der Waals surface area contributed by atoms with Gasteiger partial charge in [0.25, 0.3) is 0 Å². The summed E-state index contributed by atoms with van der Waals surface area (Å²) in [7, 11) is -15.8. The number of rotatable bonds is 9. The fourth-order valence-electron chi connectivity index (χ4n) is 0.957. The molecule has 0 aromatic heterocycles. The summed E-state index contributed by atoms with van der Waals surface area (Å²) < 4.78 is 44.4. The predicted octanol–water partition coefficient (Wildman–Crippen LogP) is 1.68. The van der Waals surface area contributed by atoms with Gasteiger partial charge in [0.05, 0.1) is 6.10 Å². The van der Waals surface area contributed by atoms with Crippen molar-refractivity contribution >= 4 is 23.5 Å². The second-order valence-electron chi connectivity index (χ2n) is 3.25. The molecule has 13 heteroatoms. The number of hydrogen-bond acceptors (Lipinski definition) is 6. The van der Waals surface area contributed by atoms with Gasteiger partial charge in [0, 0.05) is 0 Å². The zero-order valence-corrected chi connectivity index (χ0v) is 12.5. The molecule has 0 spiro atoms. The van der Waals surface area contributed by atoms with Crippen LogP contribution in [0.2, 0.25) is 0 Å². The lowest BCUT2D eigenvalue weighted by atomic mass is 10.2. The van der Waals surface area contributed by atoms with Gasteiger partial charge in [-0.2, -0.15) is 8.62 Å². The third-order valence-electron chi connectivity index (χ3n) is 1.58. The van der Waals surface area contributed by atoms with E-state index in [1.807, 2.05) is 0 Å². The minimum atomic E-state index is -5.45. The molecule has 10 nitrogen and oxygen atoms in total. The maximum Gasteiger partial charge on any atom is 0.490 e. The molecule has 4 N–H and O–H groups in total. The van der Waals surface area contributed by atoms with Crippen molar-refractivity contribution in [3.63, 3.8) is 0 Å². The van der Waals surface area contributed by atoms with Gasteiger partial charge in [-0.15, -0.1) is 6.58 Å². The molecule has 0 saturated carbocycles. The Bertz CT molecular complexity index is 441. The summed E-state index contributed by atoms with van der Waals surface area (Å²) in [6.45, 7) is 4.99. The van der Waals surface area contributed by atoms with Crippen molar-refractivity contribution in [1.82, 2.24) is 0 Å². The highest BCUT2D eigenvalue weighted by molar-refractivity contribution is 7.66. The monoisotopic (exact) mass is 340 g/mol. The molecule has 114 valence electrons. The van der Waals surface area contributed by atoms with Crippen LogP contribution in [0, 0.1) is 0 Å². The lowest BCUT2D eigenvalue weighted by molar-refractivity contribution is 0.124. The van der Waals surface area contributed by atoms with E-state index in [1.54, 1.807) is 6.92 Å². The molecule has 0 rings (SSSR count). The Hall–Kier alpha value is 0.150. The van der Waals surface area contributed by atoms with Crippen molar-refractivity contribution < 1.29 is 46.4 Å². The Morgan fingerprint density at radius 3 is 2.00 bits per heavy atom. The molecule has 0 aliphatic rings. The lowest BCUT2D eigenvalue weighted by Crippen LogP contribution is -2.09. The van der Waals surface area contributed by atoms with Crippen molar-refractivity contribution in [2.45, 2.75) is 25.9 Å². The second-order valence-corrected chi connectivity index (χ2v) is 7.62. The fourth-order valence-corrected chi connectivity index (χ4v) is 4.23. The van der Waals surface area contributed by atoms with Crippen LogP contribution in [-0.4, -0.2) is 25.7 Å². The van der Waals surface area contributed by atoms with Crippen LogP contribution in [-0.2, 0) is 26.8 Å². The van der Waals surface area contributed by atoms with E-state index in [4.69, 9.17) is 14.7 Å². The number of hydrogen-bond donors (Lipinski definition) is 4. The highest BCUT2D eigenvalue weighted by Crippen LogP contribution is 2.66. The Morgan fingerprint density at radius 2 is 1.63 bits per heavy atom. The largest absolute Gasteiger partial charge is 0.490 e. The van der Waals surface area contributed by atoms with Gasteiger partial charge in [0.1, 0.15) is 0 Å². The van der Waals surface area contributed by atoms with E-state index in [2.05, 4.69) is 19.7 Å². The van der Waals surface area contributed by atoms with Crippen LogP contribution in [0.3, 0.4) is 0 Å². The van der Waals surface area contributed by atoms with Crippen LogP contribution in [0.1, 0.15) is 19.8 Å². The van der Waals surface area contributed by atoms with Crippen molar-refractivity contribution in [1.29, 1.82) is 0 Å². The molecule has 0 amide bonds. The van der Waals surface area contributed by atoms with Crippen LogP contribution in [0.4, 0.5) is 0 Å². The van der Waals surface area contributed by atoms with Crippen LogP contribution < -0.4 is 0 Å². The molecule has 0 aliphatic heterocycles. The molecule has 0 aromatic carbocycles. The van der Waals surface area contributed by atoms with Crippen LogP contribution in [0.15, 0.2) is 12.7 Å². The van der Waals surface area contributed by atoms with Crippen molar-refractivity contribution in [2.75, 3.05) is 0 Å². The average Bonchev–Trinajstić information content (AvgIpc) is 2.10. The van der Waals surface area contributed by atoms with Gasteiger partial charge in [-0.1, -0.05) is 13.0 Å². The quantitative estimate of drug-likeness (QED) is 0.359. The topological polar surface area (TPSA) is 160 Å². The van der Waals surface area contributed by atoms with Crippen LogP contribution >= 0.6 is 23.5 Å².